The molecule has 0 aromatic carbocycles. The summed E-state index contributed by atoms with van der Waals surface area (Å²) in [6.07, 6.45) is 5.78. The van der Waals surface area contributed by atoms with Crippen LogP contribution in [0.5, 0.6) is 0 Å². The van der Waals surface area contributed by atoms with E-state index < -0.39 is 5.97 Å². The first kappa shape index (κ1) is 13.0. The Labute approximate surface area is 110 Å². The Morgan fingerprint density at radius 3 is 2.78 bits per heavy atom. The summed E-state index contributed by atoms with van der Waals surface area (Å²) in [7, 11) is 0. The van der Waals surface area contributed by atoms with Crippen LogP contribution in [0.3, 0.4) is 0 Å². The number of halogens is 1. The minimum Gasteiger partial charge on any atom is -0.451 e. The van der Waals surface area contributed by atoms with Gasteiger partial charge in [-0.05, 0) is 18.9 Å². The number of hydrogen-bond acceptors (Lipinski definition) is 3. The number of aromatic nitrogens is 1. The van der Waals surface area contributed by atoms with E-state index in [1.165, 1.54) is 12.3 Å². The van der Waals surface area contributed by atoms with Gasteiger partial charge >= 0.3 is 5.97 Å². The zero-order valence-corrected chi connectivity index (χ0v) is 10.6. The summed E-state index contributed by atoms with van der Waals surface area (Å²) in [5.41, 5.74) is 0.244. The Hall–Kier alpha value is -1.49. The second-order valence-electron chi connectivity index (χ2n) is 4.36. The van der Waals surface area contributed by atoms with E-state index in [1.807, 2.05) is 0 Å². The fourth-order valence-electron chi connectivity index (χ4n) is 2.03. The number of amides is 1. The van der Waals surface area contributed by atoms with Crippen LogP contribution in [0.1, 0.15) is 36.2 Å². The molecule has 6 heteroatoms. The minimum atomic E-state index is -0.580. The van der Waals surface area contributed by atoms with Crippen molar-refractivity contribution in [3.05, 3.63) is 23.0 Å². The van der Waals surface area contributed by atoms with Gasteiger partial charge in [0.2, 0.25) is 0 Å². The van der Waals surface area contributed by atoms with Crippen molar-refractivity contribution in [3.63, 3.8) is 0 Å². The van der Waals surface area contributed by atoms with Gasteiger partial charge in [0.25, 0.3) is 5.91 Å². The van der Waals surface area contributed by atoms with Crippen LogP contribution in [-0.4, -0.2) is 29.5 Å². The number of ether oxygens (including phenoxy) is 1. The van der Waals surface area contributed by atoms with Crippen molar-refractivity contribution in [1.82, 2.24) is 10.3 Å². The predicted molar refractivity (Wildman–Crippen MR) is 66.5 cm³/mol. The molecule has 0 saturated heterocycles. The topological polar surface area (TPSA) is 71.2 Å². The fourth-order valence-corrected chi connectivity index (χ4v) is 2.20. The van der Waals surface area contributed by atoms with E-state index in [9.17, 15) is 9.59 Å². The molecule has 1 aromatic rings. The third-order valence-corrected chi connectivity index (χ3v) is 3.14. The lowest BCUT2D eigenvalue weighted by atomic mass is 10.2. The van der Waals surface area contributed by atoms with Crippen LogP contribution in [0, 0.1) is 0 Å². The number of carbonyl (C=O) groups excluding carboxylic acids is 2. The quantitative estimate of drug-likeness (QED) is 0.821. The van der Waals surface area contributed by atoms with Crippen molar-refractivity contribution in [2.24, 2.45) is 0 Å². The maximum absolute atomic E-state index is 11.5. The smallest absolute Gasteiger partial charge is 0.355 e. The Kier molecular flexibility index (Phi) is 4.25. The van der Waals surface area contributed by atoms with Crippen molar-refractivity contribution < 1.29 is 14.3 Å². The molecule has 0 radical (unpaired) electrons. The molecule has 1 saturated carbocycles. The van der Waals surface area contributed by atoms with Crippen LogP contribution in [0.2, 0.25) is 5.02 Å². The molecule has 18 heavy (non-hydrogen) atoms. The van der Waals surface area contributed by atoms with Crippen LogP contribution in [-0.2, 0) is 9.53 Å². The molecule has 98 valence electrons. The van der Waals surface area contributed by atoms with Gasteiger partial charge in [-0.1, -0.05) is 24.4 Å². The van der Waals surface area contributed by atoms with Gasteiger partial charge in [-0.25, -0.2) is 4.79 Å². The van der Waals surface area contributed by atoms with E-state index in [-0.39, 0.29) is 24.2 Å². The van der Waals surface area contributed by atoms with Gasteiger partial charge in [0.05, 0.1) is 5.02 Å². The highest BCUT2D eigenvalue weighted by Crippen LogP contribution is 2.17. The lowest BCUT2D eigenvalue weighted by molar-refractivity contribution is -0.124. The van der Waals surface area contributed by atoms with Gasteiger partial charge in [0.1, 0.15) is 5.69 Å². The average molecular weight is 271 g/mol. The molecule has 0 aliphatic heterocycles. The number of aromatic amines is 1. The third kappa shape index (κ3) is 3.50. The van der Waals surface area contributed by atoms with Gasteiger partial charge in [-0.2, -0.15) is 0 Å². The first-order chi connectivity index (χ1) is 8.65. The SMILES string of the molecule is O=C(COC(=O)c1cc(Cl)c[nH]1)NC1CCCC1. The Morgan fingerprint density at radius 2 is 2.17 bits per heavy atom. The van der Waals surface area contributed by atoms with Gasteiger partial charge in [-0.3, -0.25) is 4.79 Å². The molecule has 1 amide bonds. The van der Waals surface area contributed by atoms with E-state index in [4.69, 9.17) is 16.3 Å². The molecular weight excluding hydrogens is 256 g/mol. The van der Waals surface area contributed by atoms with Crippen molar-refractivity contribution >= 4 is 23.5 Å². The molecule has 2 rings (SSSR count). The highest BCUT2D eigenvalue weighted by atomic mass is 35.5. The molecule has 0 unspecified atom stereocenters. The predicted octanol–water partition coefficient (Wildman–Crippen LogP) is 1.88. The Balaban J connectivity index is 1.73. The van der Waals surface area contributed by atoms with E-state index in [1.54, 1.807) is 0 Å². The second-order valence-corrected chi connectivity index (χ2v) is 4.79. The van der Waals surface area contributed by atoms with Gasteiger partial charge in [0, 0.05) is 12.2 Å². The van der Waals surface area contributed by atoms with Gasteiger partial charge in [0.15, 0.2) is 6.61 Å². The lowest BCUT2D eigenvalue weighted by Gasteiger charge is -2.11. The number of carbonyl (C=O) groups is 2. The average Bonchev–Trinajstić information content (AvgIpc) is 2.97. The normalized spacial score (nSPS) is 15.6. The number of nitrogens with one attached hydrogen (secondary N) is 2. The molecule has 0 bridgehead atoms. The largest absolute Gasteiger partial charge is 0.451 e. The highest BCUT2D eigenvalue weighted by Gasteiger charge is 2.18. The van der Waals surface area contributed by atoms with Crippen LogP contribution in [0.15, 0.2) is 12.3 Å². The summed E-state index contributed by atoms with van der Waals surface area (Å²) < 4.78 is 4.87. The fraction of sp³-hybridized carbons (Fsp3) is 0.500. The first-order valence-corrected chi connectivity index (χ1v) is 6.33. The van der Waals surface area contributed by atoms with Crippen molar-refractivity contribution in [2.75, 3.05) is 6.61 Å². The van der Waals surface area contributed by atoms with Crippen LogP contribution in [0.4, 0.5) is 0 Å². The number of rotatable bonds is 4. The number of esters is 1. The molecule has 1 heterocycles. The molecule has 1 aromatic heterocycles. The zero-order chi connectivity index (χ0) is 13.0. The summed E-state index contributed by atoms with van der Waals surface area (Å²) in [5.74, 6) is -0.837. The molecule has 2 N–H and O–H groups in total. The monoisotopic (exact) mass is 270 g/mol. The third-order valence-electron chi connectivity index (χ3n) is 2.92. The maximum Gasteiger partial charge on any atom is 0.355 e. The van der Waals surface area contributed by atoms with Crippen molar-refractivity contribution in [3.8, 4) is 0 Å². The number of H-pyrrole nitrogens is 1. The molecule has 1 aliphatic carbocycles. The Morgan fingerprint density at radius 1 is 1.44 bits per heavy atom. The van der Waals surface area contributed by atoms with E-state index in [2.05, 4.69) is 10.3 Å². The molecular formula is C12H15ClN2O3. The van der Waals surface area contributed by atoms with Gasteiger partial charge < -0.3 is 15.0 Å². The van der Waals surface area contributed by atoms with E-state index >= 15 is 0 Å². The highest BCUT2D eigenvalue weighted by molar-refractivity contribution is 6.30. The number of hydrogen-bond donors (Lipinski definition) is 2. The summed E-state index contributed by atoms with van der Waals surface area (Å²) in [5, 5.41) is 3.27. The lowest BCUT2D eigenvalue weighted by Crippen LogP contribution is -2.35. The first-order valence-electron chi connectivity index (χ1n) is 5.95. The van der Waals surface area contributed by atoms with E-state index in [0.29, 0.717) is 5.02 Å². The molecule has 1 fully saturated rings. The summed E-state index contributed by atoms with van der Waals surface area (Å²) >= 11 is 5.66. The van der Waals surface area contributed by atoms with Crippen molar-refractivity contribution in [1.29, 1.82) is 0 Å². The van der Waals surface area contributed by atoms with Crippen LogP contribution in [0.25, 0.3) is 0 Å². The molecule has 0 atom stereocenters. The Bertz CT molecular complexity index is 438. The van der Waals surface area contributed by atoms with E-state index in [0.717, 1.165) is 25.7 Å². The molecule has 1 aliphatic rings. The summed E-state index contributed by atoms with van der Waals surface area (Å²) in [4.78, 5) is 25.7. The van der Waals surface area contributed by atoms with Crippen LogP contribution >= 0.6 is 11.6 Å². The summed E-state index contributed by atoms with van der Waals surface area (Å²) in [6.45, 7) is -0.258. The maximum atomic E-state index is 11.5. The summed E-state index contributed by atoms with van der Waals surface area (Å²) in [6, 6.07) is 1.69. The van der Waals surface area contributed by atoms with Crippen molar-refractivity contribution in [2.45, 2.75) is 31.7 Å². The molecule has 5 nitrogen and oxygen atoms in total. The standard InChI is InChI=1S/C12H15ClN2O3/c13-8-5-10(14-6-8)12(17)18-7-11(16)15-9-3-1-2-4-9/h5-6,9,14H,1-4,7H2,(H,15,16). The van der Waals surface area contributed by atoms with Gasteiger partial charge in [-0.15, -0.1) is 0 Å². The zero-order valence-electron chi connectivity index (χ0n) is 9.87. The van der Waals surface area contributed by atoms with Crippen LogP contribution < -0.4 is 5.32 Å². The second kappa shape index (κ2) is 5.91. The minimum absolute atomic E-state index is 0.233. The molecule has 0 spiro atoms.